The van der Waals surface area contributed by atoms with Crippen molar-refractivity contribution < 1.29 is 9.53 Å². The summed E-state index contributed by atoms with van der Waals surface area (Å²) in [6.45, 7) is 3.47. The Kier molecular flexibility index (Phi) is 4.19. The molecule has 0 aromatic carbocycles. The Labute approximate surface area is 90.5 Å². The largest absolute Gasteiger partial charge is 0.457 e. The average molecular weight is 221 g/mol. The van der Waals surface area contributed by atoms with Crippen LogP contribution in [0.2, 0.25) is 0 Å². The molecule has 0 aliphatic heterocycles. The standard InChI is InChI=1S/C9H7N3O2S/c1-2-3-14-9(13)7(5-10)4-8-6-15-12-11-8/h2,4,6H,1,3H2/b7-4+. The highest BCUT2D eigenvalue weighted by molar-refractivity contribution is 7.03. The summed E-state index contributed by atoms with van der Waals surface area (Å²) < 4.78 is 8.30. The van der Waals surface area contributed by atoms with Crippen LogP contribution >= 0.6 is 11.5 Å². The van der Waals surface area contributed by atoms with Gasteiger partial charge in [-0.2, -0.15) is 5.26 Å². The van der Waals surface area contributed by atoms with Gasteiger partial charge in [-0.1, -0.05) is 17.1 Å². The number of aromatic nitrogens is 2. The van der Waals surface area contributed by atoms with Gasteiger partial charge >= 0.3 is 5.97 Å². The van der Waals surface area contributed by atoms with Gasteiger partial charge in [0.15, 0.2) is 0 Å². The second-order valence-electron chi connectivity index (χ2n) is 2.39. The highest BCUT2D eigenvalue weighted by Crippen LogP contribution is 2.06. The Bertz CT molecular complexity index is 417. The zero-order valence-electron chi connectivity index (χ0n) is 7.71. The third kappa shape index (κ3) is 3.32. The van der Waals surface area contributed by atoms with Crippen molar-refractivity contribution in [3.05, 3.63) is 29.3 Å². The van der Waals surface area contributed by atoms with Crippen molar-refractivity contribution >= 4 is 23.6 Å². The molecule has 0 saturated carbocycles. The first-order valence-electron chi connectivity index (χ1n) is 3.94. The number of hydrogen-bond acceptors (Lipinski definition) is 6. The fourth-order valence-corrected chi connectivity index (χ4v) is 1.14. The van der Waals surface area contributed by atoms with Gasteiger partial charge in [0.1, 0.15) is 18.2 Å². The lowest BCUT2D eigenvalue weighted by molar-refractivity contribution is -0.137. The minimum absolute atomic E-state index is 0.0766. The van der Waals surface area contributed by atoms with E-state index in [1.807, 2.05) is 0 Å². The van der Waals surface area contributed by atoms with E-state index in [2.05, 4.69) is 16.2 Å². The van der Waals surface area contributed by atoms with Crippen LogP contribution in [0.15, 0.2) is 23.6 Å². The molecular formula is C9H7N3O2S. The SMILES string of the molecule is C=CCOC(=O)/C(C#N)=C/c1csnn1. The van der Waals surface area contributed by atoms with Crippen LogP contribution in [0.4, 0.5) is 0 Å². The fourth-order valence-electron chi connectivity index (χ4n) is 0.732. The molecule has 76 valence electrons. The molecule has 0 aliphatic rings. The lowest BCUT2D eigenvalue weighted by Gasteiger charge is -1.98. The third-order valence-corrected chi connectivity index (χ3v) is 1.86. The Morgan fingerprint density at radius 1 is 1.80 bits per heavy atom. The van der Waals surface area contributed by atoms with Crippen LogP contribution < -0.4 is 0 Å². The normalized spacial score (nSPS) is 10.5. The summed E-state index contributed by atoms with van der Waals surface area (Å²) in [6, 6.07) is 1.74. The smallest absolute Gasteiger partial charge is 0.349 e. The molecule has 0 amide bonds. The summed E-state index contributed by atoms with van der Waals surface area (Å²) >= 11 is 1.14. The van der Waals surface area contributed by atoms with Gasteiger partial charge in [0.2, 0.25) is 0 Å². The lowest BCUT2D eigenvalue weighted by atomic mass is 10.2. The van der Waals surface area contributed by atoms with E-state index >= 15 is 0 Å². The minimum Gasteiger partial charge on any atom is -0.457 e. The summed E-state index contributed by atoms with van der Waals surface area (Å²) in [5.41, 5.74) is 0.358. The molecule has 0 fully saturated rings. The zero-order valence-corrected chi connectivity index (χ0v) is 8.53. The van der Waals surface area contributed by atoms with E-state index in [4.69, 9.17) is 10.00 Å². The number of nitriles is 1. The predicted octanol–water partition coefficient (Wildman–Crippen LogP) is 1.17. The average Bonchev–Trinajstić information content (AvgIpc) is 2.75. The van der Waals surface area contributed by atoms with E-state index in [9.17, 15) is 4.79 Å². The van der Waals surface area contributed by atoms with E-state index in [1.54, 1.807) is 11.4 Å². The molecule has 1 rings (SSSR count). The summed E-state index contributed by atoms with van der Waals surface area (Å²) in [5.74, 6) is -0.689. The third-order valence-electron chi connectivity index (χ3n) is 1.34. The summed E-state index contributed by atoms with van der Waals surface area (Å²) in [7, 11) is 0. The predicted molar refractivity (Wildman–Crippen MR) is 54.7 cm³/mol. The van der Waals surface area contributed by atoms with E-state index in [1.165, 1.54) is 12.2 Å². The lowest BCUT2D eigenvalue weighted by Crippen LogP contribution is -2.06. The van der Waals surface area contributed by atoms with Crippen molar-refractivity contribution in [1.29, 1.82) is 5.26 Å². The molecule has 1 heterocycles. The number of rotatable bonds is 4. The molecule has 0 saturated heterocycles. The maximum absolute atomic E-state index is 11.3. The van der Waals surface area contributed by atoms with Crippen molar-refractivity contribution in [2.24, 2.45) is 0 Å². The van der Waals surface area contributed by atoms with Gasteiger partial charge in [0.25, 0.3) is 0 Å². The van der Waals surface area contributed by atoms with Crippen LogP contribution in [0.3, 0.4) is 0 Å². The quantitative estimate of drug-likeness (QED) is 0.330. The van der Waals surface area contributed by atoms with Gasteiger partial charge in [0, 0.05) is 5.38 Å². The van der Waals surface area contributed by atoms with Crippen molar-refractivity contribution in [3.8, 4) is 6.07 Å². The van der Waals surface area contributed by atoms with Crippen molar-refractivity contribution in [1.82, 2.24) is 9.59 Å². The number of nitrogens with zero attached hydrogens (tertiary/aromatic N) is 3. The maximum Gasteiger partial charge on any atom is 0.349 e. The summed E-state index contributed by atoms with van der Waals surface area (Å²) in [5, 5.41) is 14.0. The minimum atomic E-state index is -0.689. The van der Waals surface area contributed by atoms with Gasteiger partial charge in [-0.05, 0) is 17.6 Å². The van der Waals surface area contributed by atoms with Crippen LogP contribution in [0, 0.1) is 11.3 Å². The van der Waals surface area contributed by atoms with Gasteiger partial charge in [-0.25, -0.2) is 4.79 Å². The van der Waals surface area contributed by atoms with Crippen molar-refractivity contribution in [3.63, 3.8) is 0 Å². The van der Waals surface area contributed by atoms with Gasteiger partial charge in [-0.15, -0.1) is 5.10 Å². The highest BCUT2D eigenvalue weighted by atomic mass is 32.1. The number of hydrogen-bond donors (Lipinski definition) is 0. The first-order chi connectivity index (χ1) is 7.27. The number of carbonyl (C=O) groups is 1. The van der Waals surface area contributed by atoms with Crippen LogP contribution in [-0.2, 0) is 9.53 Å². The molecule has 0 N–H and O–H groups in total. The molecule has 1 aromatic heterocycles. The van der Waals surface area contributed by atoms with Crippen molar-refractivity contribution in [2.75, 3.05) is 6.61 Å². The van der Waals surface area contributed by atoms with Crippen LogP contribution in [0.25, 0.3) is 6.08 Å². The van der Waals surface area contributed by atoms with E-state index in [-0.39, 0.29) is 12.2 Å². The van der Waals surface area contributed by atoms with Gasteiger partial charge in [0.05, 0.1) is 5.69 Å². The molecule has 15 heavy (non-hydrogen) atoms. The number of carbonyl (C=O) groups excluding carboxylic acids is 1. The maximum atomic E-state index is 11.3. The van der Waals surface area contributed by atoms with Crippen LogP contribution in [-0.4, -0.2) is 22.2 Å². The Morgan fingerprint density at radius 2 is 2.60 bits per heavy atom. The molecule has 0 bridgehead atoms. The molecule has 0 spiro atoms. The summed E-state index contributed by atoms with van der Waals surface area (Å²) in [6.07, 6.45) is 2.76. The highest BCUT2D eigenvalue weighted by Gasteiger charge is 2.10. The van der Waals surface area contributed by atoms with E-state index < -0.39 is 5.97 Å². The molecule has 5 nitrogen and oxygen atoms in total. The molecule has 0 aliphatic carbocycles. The second-order valence-corrected chi connectivity index (χ2v) is 3.00. The Balaban J connectivity index is 2.76. The van der Waals surface area contributed by atoms with Crippen LogP contribution in [0.5, 0.6) is 0 Å². The summed E-state index contributed by atoms with van der Waals surface area (Å²) in [4.78, 5) is 11.3. The van der Waals surface area contributed by atoms with E-state index in [0.29, 0.717) is 5.69 Å². The molecule has 1 aromatic rings. The van der Waals surface area contributed by atoms with Gasteiger partial charge in [-0.3, -0.25) is 0 Å². The molecular weight excluding hydrogens is 214 g/mol. The number of esters is 1. The first-order valence-corrected chi connectivity index (χ1v) is 4.78. The van der Waals surface area contributed by atoms with Gasteiger partial charge < -0.3 is 4.74 Å². The molecule has 0 atom stereocenters. The number of ether oxygens (including phenoxy) is 1. The van der Waals surface area contributed by atoms with Crippen LogP contribution in [0.1, 0.15) is 5.69 Å². The molecule has 6 heteroatoms. The van der Waals surface area contributed by atoms with E-state index in [0.717, 1.165) is 11.5 Å². The van der Waals surface area contributed by atoms with Crippen molar-refractivity contribution in [2.45, 2.75) is 0 Å². The zero-order chi connectivity index (χ0) is 11.1. The molecule has 0 radical (unpaired) electrons. The fraction of sp³-hybridized carbons (Fsp3) is 0.111. The Hall–Kier alpha value is -2.00. The Morgan fingerprint density at radius 3 is 3.13 bits per heavy atom. The molecule has 0 unspecified atom stereocenters. The monoisotopic (exact) mass is 221 g/mol. The topological polar surface area (TPSA) is 75.9 Å². The second kappa shape index (κ2) is 5.67. The first kappa shape index (κ1) is 11.1.